The van der Waals surface area contributed by atoms with Crippen molar-refractivity contribution in [1.29, 1.82) is 0 Å². The van der Waals surface area contributed by atoms with Gasteiger partial charge in [0.05, 0.1) is 17.8 Å². The van der Waals surface area contributed by atoms with Gasteiger partial charge in [-0.25, -0.2) is 0 Å². The molecular weight excluding hydrogens is 300 g/mol. The SMILES string of the molecule is CCC1(O)C=C2CC(O)CCC2(C)C2CCC3(C)C(CC[C@@H]3O)C21. The highest BCUT2D eigenvalue weighted by Gasteiger charge is 2.63. The van der Waals surface area contributed by atoms with Crippen LogP contribution in [-0.2, 0) is 0 Å². The van der Waals surface area contributed by atoms with Crippen LogP contribution in [0.25, 0.3) is 0 Å². The van der Waals surface area contributed by atoms with E-state index < -0.39 is 5.60 Å². The average Bonchev–Trinajstić information content (AvgIpc) is 2.85. The van der Waals surface area contributed by atoms with Gasteiger partial charge in [0.1, 0.15) is 0 Å². The van der Waals surface area contributed by atoms with Gasteiger partial charge in [0.25, 0.3) is 0 Å². The smallest absolute Gasteiger partial charge is 0.0861 e. The minimum atomic E-state index is -0.771. The molecule has 0 aromatic heterocycles. The lowest BCUT2D eigenvalue weighted by Gasteiger charge is -2.61. The summed E-state index contributed by atoms with van der Waals surface area (Å²) in [5.41, 5.74) is 0.627. The van der Waals surface area contributed by atoms with Crippen molar-refractivity contribution in [2.24, 2.45) is 28.6 Å². The van der Waals surface area contributed by atoms with Gasteiger partial charge >= 0.3 is 0 Å². The maximum absolute atomic E-state index is 11.6. The quantitative estimate of drug-likeness (QED) is 0.644. The summed E-state index contributed by atoms with van der Waals surface area (Å²) in [6.45, 7) is 6.73. The molecule has 0 aliphatic heterocycles. The van der Waals surface area contributed by atoms with E-state index in [2.05, 4.69) is 26.8 Å². The van der Waals surface area contributed by atoms with Crippen molar-refractivity contribution >= 4 is 0 Å². The van der Waals surface area contributed by atoms with Gasteiger partial charge in [-0.3, -0.25) is 0 Å². The summed E-state index contributed by atoms with van der Waals surface area (Å²) in [6.07, 6.45) is 9.16. The number of rotatable bonds is 1. The normalized spacial score (nSPS) is 56.9. The first kappa shape index (κ1) is 17.1. The minimum absolute atomic E-state index is 0.0276. The number of hydrogen-bond acceptors (Lipinski definition) is 3. The number of aliphatic hydroxyl groups is 3. The molecule has 136 valence electrons. The lowest BCUT2D eigenvalue weighted by molar-refractivity contribution is -0.146. The van der Waals surface area contributed by atoms with Crippen molar-refractivity contribution in [3.05, 3.63) is 11.6 Å². The van der Waals surface area contributed by atoms with Crippen LogP contribution in [0, 0.1) is 28.6 Å². The minimum Gasteiger partial charge on any atom is -0.393 e. The molecule has 0 amide bonds. The first-order chi connectivity index (χ1) is 11.2. The van der Waals surface area contributed by atoms with Crippen LogP contribution in [0.4, 0.5) is 0 Å². The van der Waals surface area contributed by atoms with Gasteiger partial charge < -0.3 is 15.3 Å². The number of fused-ring (bicyclic) bond motifs is 5. The molecule has 3 saturated carbocycles. The molecule has 24 heavy (non-hydrogen) atoms. The van der Waals surface area contributed by atoms with Crippen molar-refractivity contribution in [1.82, 2.24) is 0 Å². The van der Waals surface area contributed by atoms with Crippen molar-refractivity contribution in [2.45, 2.75) is 89.9 Å². The Morgan fingerprint density at radius 3 is 2.50 bits per heavy atom. The van der Waals surface area contributed by atoms with E-state index in [4.69, 9.17) is 0 Å². The third-order valence-corrected chi connectivity index (χ3v) is 8.79. The Balaban J connectivity index is 1.81. The summed E-state index contributed by atoms with van der Waals surface area (Å²) in [6, 6.07) is 0. The van der Waals surface area contributed by atoms with E-state index in [0.29, 0.717) is 11.8 Å². The largest absolute Gasteiger partial charge is 0.393 e. The molecule has 0 aromatic carbocycles. The first-order valence-electron chi connectivity index (χ1n) is 10.1. The van der Waals surface area contributed by atoms with Crippen LogP contribution in [0.3, 0.4) is 0 Å². The zero-order valence-electron chi connectivity index (χ0n) is 15.5. The highest BCUT2D eigenvalue weighted by Crippen LogP contribution is 2.67. The topological polar surface area (TPSA) is 60.7 Å². The zero-order valence-corrected chi connectivity index (χ0v) is 15.5. The fourth-order valence-corrected chi connectivity index (χ4v) is 7.12. The van der Waals surface area contributed by atoms with E-state index in [9.17, 15) is 15.3 Å². The molecule has 3 heteroatoms. The van der Waals surface area contributed by atoms with Crippen molar-refractivity contribution in [3.8, 4) is 0 Å². The van der Waals surface area contributed by atoms with Gasteiger partial charge in [0, 0.05) is 0 Å². The van der Waals surface area contributed by atoms with Gasteiger partial charge in [-0.2, -0.15) is 0 Å². The second kappa shape index (κ2) is 5.31. The molecule has 3 N–H and O–H groups in total. The van der Waals surface area contributed by atoms with E-state index in [1.165, 1.54) is 5.57 Å². The monoisotopic (exact) mass is 334 g/mol. The first-order valence-corrected chi connectivity index (χ1v) is 10.1. The third-order valence-electron chi connectivity index (χ3n) is 8.79. The maximum atomic E-state index is 11.6. The van der Waals surface area contributed by atoms with Crippen molar-refractivity contribution < 1.29 is 15.3 Å². The molecule has 4 aliphatic rings. The molecule has 0 heterocycles. The molecule has 0 bridgehead atoms. The van der Waals surface area contributed by atoms with Crippen molar-refractivity contribution in [2.75, 3.05) is 0 Å². The molecule has 4 rings (SSSR count). The van der Waals surface area contributed by atoms with Crippen LogP contribution in [-0.4, -0.2) is 33.1 Å². The summed E-state index contributed by atoms with van der Waals surface area (Å²) in [7, 11) is 0. The number of hydrogen-bond donors (Lipinski definition) is 3. The Labute approximate surface area is 146 Å². The van der Waals surface area contributed by atoms with E-state index in [-0.39, 0.29) is 29.0 Å². The van der Waals surface area contributed by atoms with Gasteiger partial charge in [0.15, 0.2) is 0 Å². The second-order valence-corrected chi connectivity index (χ2v) is 9.70. The van der Waals surface area contributed by atoms with Crippen LogP contribution < -0.4 is 0 Å². The predicted octanol–water partition coefficient (Wildman–Crippen LogP) is 3.42. The molecule has 7 unspecified atom stereocenters. The molecule has 0 aromatic rings. The lowest BCUT2D eigenvalue weighted by Crippen LogP contribution is -2.59. The fraction of sp³-hybridized carbons (Fsp3) is 0.905. The van der Waals surface area contributed by atoms with Gasteiger partial charge in [-0.1, -0.05) is 32.4 Å². The van der Waals surface area contributed by atoms with Crippen molar-refractivity contribution in [3.63, 3.8) is 0 Å². The molecule has 0 radical (unpaired) electrons. The van der Waals surface area contributed by atoms with Crippen LogP contribution >= 0.6 is 0 Å². The van der Waals surface area contributed by atoms with E-state index in [0.717, 1.165) is 51.4 Å². The van der Waals surface area contributed by atoms with E-state index >= 15 is 0 Å². The second-order valence-electron chi connectivity index (χ2n) is 9.70. The summed E-state index contributed by atoms with van der Waals surface area (Å²) < 4.78 is 0. The Kier molecular flexibility index (Phi) is 3.77. The van der Waals surface area contributed by atoms with Gasteiger partial charge in [-0.15, -0.1) is 0 Å². The Bertz CT molecular complexity index is 557. The summed E-state index contributed by atoms with van der Waals surface area (Å²) in [5.74, 6) is 1.15. The zero-order chi connectivity index (χ0) is 17.3. The van der Waals surface area contributed by atoms with E-state index in [1.807, 2.05) is 0 Å². The number of aliphatic hydroxyl groups excluding tert-OH is 2. The van der Waals surface area contributed by atoms with Crippen LogP contribution in [0.1, 0.15) is 72.1 Å². The summed E-state index contributed by atoms with van der Waals surface area (Å²) in [5, 5.41) is 32.4. The molecular formula is C21H34O3. The van der Waals surface area contributed by atoms with Crippen LogP contribution in [0.2, 0.25) is 0 Å². The fourth-order valence-electron chi connectivity index (χ4n) is 7.12. The Hall–Kier alpha value is -0.380. The summed E-state index contributed by atoms with van der Waals surface area (Å²) >= 11 is 0. The highest BCUT2D eigenvalue weighted by molar-refractivity contribution is 5.31. The standard InChI is InChI=1S/C21H34O3/c1-4-21(24)12-13-11-14(22)7-9-19(13,2)16-8-10-20(3)15(18(16)21)5-6-17(20)23/h12,14-18,22-24H,4-11H2,1-3H3/t14?,15?,16?,17-,18?,19?,20?,21?/m0/s1. The molecule has 0 spiro atoms. The third kappa shape index (κ3) is 2.07. The average molecular weight is 334 g/mol. The van der Waals surface area contributed by atoms with Crippen LogP contribution in [0.15, 0.2) is 11.6 Å². The summed E-state index contributed by atoms with van der Waals surface area (Å²) in [4.78, 5) is 0. The molecule has 3 fully saturated rings. The predicted molar refractivity (Wildman–Crippen MR) is 94.3 cm³/mol. The lowest BCUT2D eigenvalue weighted by atomic mass is 9.44. The Morgan fingerprint density at radius 2 is 1.79 bits per heavy atom. The van der Waals surface area contributed by atoms with Gasteiger partial charge in [-0.05, 0) is 80.0 Å². The molecule has 3 nitrogen and oxygen atoms in total. The highest BCUT2D eigenvalue weighted by atomic mass is 16.3. The molecule has 4 aliphatic carbocycles. The maximum Gasteiger partial charge on any atom is 0.0861 e. The van der Waals surface area contributed by atoms with Gasteiger partial charge in [0.2, 0.25) is 0 Å². The Morgan fingerprint density at radius 1 is 1.04 bits per heavy atom. The van der Waals surface area contributed by atoms with E-state index in [1.54, 1.807) is 0 Å². The molecule has 0 saturated heterocycles. The molecule has 8 atom stereocenters. The van der Waals surface area contributed by atoms with Crippen LogP contribution in [0.5, 0.6) is 0 Å².